The molecule has 0 aliphatic rings. The van der Waals surface area contributed by atoms with Gasteiger partial charge in [0.05, 0.1) is 24.0 Å². The van der Waals surface area contributed by atoms with Gasteiger partial charge in [-0.2, -0.15) is 0 Å². The summed E-state index contributed by atoms with van der Waals surface area (Å²) < 4.78 is 5.30. The van der Waals surface area contributed by atoms with Crippen molar-refractivity contribution in [2.24, 2.45) is 0 Å². The van der Waals surface area contributed by atoms with E-state index in [2.05, 4.69) is 20.6 Å². The van der Waals surface area contributed by atoms with Gasteiger partial charge in [-0.1, -0.05) is 6.07 Å². The topological polar surface area (TPSA) is 76.1 Å². The van der Waals surface area contributed by atoms with Gasteiger partial charge in [0, 0.05) is 31.3 Å². The van der Waals surface area contributed by atoms with Crippen LogP contribution in [-0.4, -0.2) is 23.0 Å². The molecule has 0 spiro atoms. The highest BCUT2D eigenvalue weighted by Crippen LogP contribution is 2.26. The standard InChI is InChI=1S/C20H20N4O2/c1-14-3-4-19(26-2)18(9-14)24-20(25)16-10-17(13-22-12-16)23-11-15-5-7-21-8-6-15/h3-10,12-13,23H,11H2,1-2H3,(H,24,25). The zero-order chi connectivity index (χ0) is 18.4. The lowest BCUT2D eigenvalue weighted by atomic mass is 10.2. The number of aryl methyl sites for hydroxylation is 1. The lowest BCUT2D eigenvalue weighted by Crippen LogP contribution is -2.13. The third-order valence-electron chi connectivity index (χ3n) is 3.85. The van der Waals surface area contributed by atoms with E-state index in [-0.39, 0.29) is 5.91 Å². The molecule has 26 heavy (non-hydrogen) atoms. The molecule has 1 aromatic carbocycles. The summed E-state index contributed by atoms with van der Waals surface area (Å²) in [5.74, 6) is 0.373. The first-order valence-corrected chi connectivity index (χ1v) is 8.19. The Balaban J connectivity index is 1.71. The van der Waals surface area contributed by atoms with Crippen LogP contribution in [0.15, 0.2) is 61.2 Å². The maximum Gasteiger partial charge on any atom is 0.257 e. The zero-order valence-corrected chi connectivity index (χ0v) is 14.7. The number of rotatable bonds is 6. The van der Waals surface area contributed by atoms with Crippen LogP contribution in [0.25, 0.3) is 0 Å². The van der Waals surface area contributed by atoms with Gasteiger partial charge in [-0.3, -0.25) is 14.8 Å². The predicted octanol–water partition coefficient (Wildman–Crippen LogP) is 3.66. The SMILES string of the molecule is COc1ccc(C)cc1NC(=O)c1cncc(NCc2ccncc2)c1. The van der Waals surface area contributed by atoms with Gasteiger partial charge in [0.25, 0.3) is 5.91 Å². The zero-order valence-electron chi connectivity index (χ0n) is 14.7. The third-order valence-corrected chi connectivity index (χ3v) is 3.85. The minimum atomic E-state index is -0.242. The highest BCUT2D eigenvalue weighted by Gasteiger charge is 2.11. The Kier molecular flexibility index (Phi) is 5.43. The van der Waals surface area contributed by atoms with E-state index in [1.807, 2.05) is 37.3 Å². The number of ether oxygens (including phenoxy) is 1. The number of aromatic nitrogens is 2. The molecule has 0 atom stereocenters. The molecule has 2 heterocycles. The van der Waals surface area contributed by atoms with Crippen LogP contribution in [0, 0.1) is 6.92 Å². The van der Waals surface area contributed by atoms with Crippen LogP contribution in [-0.2, 0) is 6.54 Å². The molecule has 0 unspecified atom stereocenters. The van der Waals surface area contributed by atoms with Crippen LogP contribution in [0.2, 0.25) is 0 Å². The summed E-state index contributed by atoms with van der Waals surface area (Å²) in [5, 5.41) is 6.14. The Morgan fingerprint density at radius 2 is 1.88 bits per heavy atom. The van der Waals surface area contributed by atoms with Gasteiger partial charge in [0.15, 0.2) is 0 Å². The average Bonchev–Trinajstić information content (AvgIpc) is 2.67. The Hall–Kier alpha value is -3.41. The Morgan fingerprint density at radius 1 is 1.08 bits per heavy atom. The summed E-state index contributed by atoms with van der Waals surface area (Å²) in [6, 6.07) is 11.3. The van der Waals surface area contributed by atoms with Crippen molar-refractivity contribution >= 4 is 17.3 Å². The Morgan fingerprint density at radius 3 is 2.65 bits per heavy atom. The van der Waals surface area contributed by atoms with Crippen LogP contribution in [0.3, 0.4) is 0 Å². The second kappa shape index (κ2) is 8.11. The highest BCUT2D eigenvalue weighted by atomic mass is 16.5. The normalized spacial score (nSPS) is 10.2. The smallest absolute Gasteiger partial charge is 0.257 e. The summed E-state index contributed by atoms with van der Waals surface area (Å²) in [7, 11) is 1.57. The molecule has 0 aliphatic carbocycles. The minimum absolute atomic E-state index is 0.242. The van der Waals surface area contributed by atoms with Crippen molar-refractivity contribution < 1.29 is 9.53 Å². The van der Waals surface area contributed by atoms with E-state index in [4.69, 9.17) is 4.74 Å². The number of pyridine rings is 2. The third kappa shape index (κ3) is 4.36. The number of nitrogens with one attached hydrogen (secondary N) is 2. The summed E-state index contributed by atoms with van der Waals surface area (Å²) in [6.45, 7) is 2.58. The molecule has 2 N–H and O–H groups in total. The van der Waals surface area contributed by atoms with E-state index in [0.717, 1.165) is 16.8 Å². The van der Waals surface area contributed by atoms with E-state index in [1.165, 1.54) is 6.20 Å². The predicted molar refractivity (Wildman–Crippen MR) is 101 cm³/mol. The van der Waals surface area contributed by atoms with Crippen LogP contribution < -0.4 is 15.4 Å². The van der Waals surface area contributed by atoms with Crippen LogP contribution in [0.1, 0.15) is 21.5 Å². The molecule has 0 fully saturated rings. The fourth-order valence-electron chi connectivity index (χ4n) is 2.48. The number of methoxy groups -OCH3 is 1. The largest absolute Gasteiger partial charge is 0.495 e. The molecule has 3 rings (SSSR count). The van der Waals surface area contributed by atoms with Gasteiger partial charge in [0.1, 0.15) is 5.75 Å². The first-order valence-electron chi connectivity index (χ1n) is 8.19. The van der Waals surface area contributed by atoms with Crippen LogP contribution in [0.4, 0.5) is 11.4 Å². The van der Waals surface area contributed by atoms with Gasteiger partial charge >= 0.3 is 0 Å². The number of hydrogen-bond acceptors (Lipinski definition) is 5. The maximum absolute atomic E-state index is 12.6. The average molecular weight is 348 g/mol. The van der Waals surface area contributed by atoms with E-state index in [1.54, 1.807) is 31.8 Å². The van der Waals surface area contributed by atoms with Gasteiger partial charge in [-0.25, -0.2) is 0 Å². The number of anilines is 2. The van der Waals surface area contributed by atoms with Gasteiger partial charge < -0.3 is 15.4 Å². The molecule has 132 valence electrons. The quantitative estimate of drug-likeness (QED) is 0.711. The van der Waals surface area contributed by atoms with Gasteiger partial charge in [-0.05, 0) is 48.4 Å². The molecule has 0 saturated heterocycles. The summed E-state index contributed by atoms with van der Waals surface area (Å²) in [5.41, 5.74) is 4.00. The molecule has 0 bridgehead atoms. The highest BCUT2D eigenvalue weighted by molar-refractivity contribution is 6.05. The molecule has 1 amide bonds. The van der Waals surface area contributed by atoms with Crippen molar-refractivity contribution in [3.63, 3.8) is 0 Å². The molecule has 6 heteroatoms. The van der Waals surface area contributed by atoms with Crippen molar-refractivity contribution in [2.75, 3.05) is 17.7 Å². The molecular formula is C20H20N4O2. The molecule has 0 saturated carbocycles. The summed E-state index contributed by atoms with van der Waals surface area (Å²) in [6.07, 6.45) is 6.71. The Bertz CT molecular complexity index is 897. The van der Waals surface area contributed by atoms with E-state index < -0.39 is 0 Å². The van der Waals surface area contributed by atoms with Crippen molar-refractivity contribution in [3.05, 3.63) is 77.9 Å². The summed E-state index contributed by atoms with van der Waals surface area (Å²) >= 11 is 0. The number of amides is 1. The first-order chi connectivity index (χ1) is 12.7. The molecule has 6 nitrogen and oxygen atoms in total. The second-order valence-electron chi connectivity index (χ2n) is 5.83. The fraction of sp³-hybridized carbons (Fsp3) is 0.150. The van der Waals surface area contributed by atoms with Crippen molar-refractivity contribution in [3.8, 4) is 5.75 Å². The van der Waals surface area contributed by atoms with Crippen LogP contribution >= 0.6 is 0 Å². The molecule has 0 aliphatic heterocycles. The number of hydrogen-bond donors (Lipinski definition) is 2. The summed E-state index contributed by atoms with van der Waals surface area (Å²) in [4.78, 5) is 20.7. The fourth-order valence-corrected chi connectivity index (χ4v) is 2.48. The van der Waals surface area contributed by atoms with E-state index in [0.29, 0.717) is 23.5 Å². The maximum atomic E-state index is 12.6. The molecule has 3 aromatic rings. The monoisotopic (exact) mass is 348 g/mol. The minimum Gasteiger partial charge on any atom is -0.495 e. The van der Waals surface area contributed by atoms with Gasteiger partial charge in [0.2, 0.25) is 0 Å². The van der Waals surface area contributed by atoms with Gasteiger partial charge in [-0.15, -0.1) is 0 Å². The molecule has 2 aromatic heterocycles. The van der Waals surface area contributed by atoms with Crippen molar-refractivity contribution in [1.82, 2.24) is 9.97 Å². The van der Waals surface area contributed by atoms with Crippen molar-refractivity contribution in [2.45, 2.75) is 13.5 Å². The lowest BCUT2D eigenvalue weighted by molar-refractivity contribution is 0.102. The van der Waals surface area contributed by atoms with Crippen molar-refractivity contribution in [1.29, 1.82) is 0 Å². The van der Waals surface area contributed by atoms with E-state index in [9.17, 15) is 4.79 Å². The molecule has 0 radical (unpaired) electrons. The number of carbonyl (C=O) groups excluding carboxylic acids is 1. The Labute approximate surface area is 152 Å². The number of carbonyl (C=O) groups is 1. The first kappa shape index (κ1) is 17.4. The molecular weight excluding hydrogens is 328 g/mol. The van der Waals surface area contributed by atoms with E-state index >= 15 is 0 Å². The second-order valence-corrected chi connectivity index (χ2v) is 5.83. The number of benzene rings is 1. The number of nitrogens with zero attached hydrogens (tertiary/aromatic N) is 2. The lowest BCUT2D eigenvalue weighted by Gasteiger charge is -2.12. The van der Waals surface area contributed by atoms with Crippen LogP contribution in [0.5, 0.6) is 5.75 Å².